The Morgan fingerprint density at radius 3 is 2.39 bits per heavy atom. The van der Waals surface area contributed by atoms with Gasteiger partial charge in [-0.05, 0) is 48.5 Å². The molecule has 0 radical (unpaired) electrons. The number of benzene rings is 3. The third-order valence-electron chi connectivity index (χ3n) is 5.44. The van der Waals surface area contributed by atoms with Crippen LogP contribution in [-0.2, 0) is 0 Å². The summed E-state index contributed by atoms with van der Waals surface area (Å²) in [6.45, 7) is 2.26. The topological polar surface area (TPSA) is 75.9 Å². The third kappa shape index (κ3) is 5.09. The van der Waals surface area contributed by atoms with Gasteiger partial charge in [0.1, 0.15) is 11.6 Å². The van der Waals surface area contributed by atoms with Crippen LogP contribution in [0.1, 0.15) is 10.4 Å². The standard InChI is InChI=1S/C24H22FN3O4S/c1-32-22-5-3-2-4-20(22)26-12-14-27(15-13-26)24(29)17-6-11-23(21(16-17)28(30)31)33-19-9-7-18(25)8-10-19/h2-11,16H,12-15H2,1H3. The fourth-order valence-corrected chi connectivity index (χ4v) is 4.63. The number of carbonyl (C=O) groups is 1. The molecule has 0 unspecified atom stereocenters. The van der Waals surface area contributed by atoms with Crippen molar-refractivity contribution in [1.82, 2.24) is 4.90 Å². The van der Waals surface area contributed by atoms with Crippen LogP contribution in [0.2, 0.25) is 0 Å². The van der Waals surface area contributed by atoms with Gasteiger partial charge < -0.3 is 14.5 Å². The summed E-state index contributed by atoms with van der Waals surface area (Å²) in [5, 5.41) is 11.7. The monoisotopic (exact) mass is 467 g/mol. The molecule has 33 heavy (non-hydrogen) atoms. The van der Waals surface area contributed by atoms with Gasteiger partial charge in [0.05, 0.1) is 22.6 Å². The molecule has 1 aliphatic heterocycles. The molecule has 9 heteroatoms. The van der Waals surface area contributed by atoms with Crippen LogP contribution in [0.5, 0.6) is 5.75 Å². The van der Waals surface area contributed by atoms with Gasteiger partial charge in [-0.15, -0.1) is 0 Å². The Hall–Kier alpha value is -3.59. The summed E-state index contributed by atoms with van der Waals surface area (Å²) < 4.78 is 18.6. The molecular weight excluding hydrogens is 445 g/mol. The lowest BCUT2D eigenvalue weighted by atomic mass is 10.1. The van der Waals surface area contributed by atoms with E-state index in [2.05, 4.69) is 4.90 Å². The van der Waals surface area contributed by atoms with E-state index in [0.717, 1.165) is 23.2 Å². The zero-order valence-corrected chi connectivity index (χ0v) is 18.8. The molecule has 0 saturated carbocycles. The average molecular weight is 468 g/mol. The first-order chi connectivity index (χ1) is 16.0. The molecule has 1 fully saturated rings. The lowest BCUT2D eigenvalue weighted by Crippen LogP contribution is -2.48. The molecule has 0 N–H and O–H groups in total. The highest BCUT2D eigenvalue weighted by Crippen LogP contribution is 2.36. The van der Waals surface area contributed by atoms with E-state index in [1.807, 2.05) is 24.3 Å². The average Bonchev–Trinajstić information content (AvgIpc) is 2.85. The number of amides is 1. The van der Waals surface area contributed by atoms with Crippen molar-refractivity contribution in [2.75, 3.05) is 38.2 Å². The van der Waals surface area contributed by atoms with Crippen LogP contribution in [-0.4, -0.2) is 49.0 Å². The van der Waals surface area contributed by atoms with E-state index in [4.69, 9.17) is 4.74 Å². The van der Waals surface area contributed by atoms with Gasteiger partial charge in [-0.1, -0.05) is 23.9 Å². The lowest BCUT2D eigenvalue weighted by molar-refractivity contribution is -0.387. The molecule has 4 rings (SSSR count). The summed E-state index contributed by atoms with van der Waals surface area (Å²) >= 11 is 1.16. The molecule has 0 bridgehead atoms. The fourth-order valence-electron chi connectivity index (χ4n) is 3.73. The molecule has 7 nitrogen and oxygen atoms in total. The van der Waals surface area contributed by atoms with Crippen molar-refractivity contribution in [3.63, 3.8) is 0 Å². The van der Waals surface area contributed by atoms with Gasteiger partial charge in [0, 0.05) is 42.7 Å². The minimum atomic E-state index is -0.498. The number of nitrogens with zero attached hydrogens (tertiary/aromatic N) is 3. The van der Waals surface area contributed by atoms with Crippen LogP contribution in [0.15, 0.2) is 76.5 Å². The van der Waals surface area contributed by atoms with Crippen LogP contribution >= 0.6 is 11.8 Å². The molecule has 1 heterocycles. The third-order valence-corrected chi connectivity index (χ3v) is 6.51. The summed E-state index contributed by atoms with van der Waals surface area (Å²) in [6, 6.07) is 18.0. The predicted molar refractivity (Wildman–Crippen MR) is 125 cm³/mol. The maximum Gasteiger partial charge on any atom is 0.284 e. The van der Waals surface area contributed by atoms with Gasteiger partial charge in [0.25, 0.3) is 11.6 Å². The predicted octanol–water partition coefficient (Wildman–Crippen LogP) is 4.86. The summed E-state index contributed by atoms with van der Waals surface area (Å²) in [4.78, 5) is 29.2. The minimum absolute atomic E-state index is 0.150. The van der Waals surface area contributed by atoms with Crippen molar-refractivity contribution < 1.29 is 18.8 Å². The van der Waals surface area contributed by atoms with Crippen molar-refractivity contribution in [2.45, 2.75) is 9.79 Å². The number of anilines is 1. The van der Waals surface area contributed by atoms with Crippen LogP contribution < -0.4 is 9.64 Å². The van der Waals surface area contributed by atoms with Gasteiger partial charge in [0.15, 0.2) is 0 Å². The Morgan fingerprint density at radius 1 is 1.03 bits per heavy atom. The quantitative estimate of drug-likeness (QED) is 0.381. The van der Waals surface area contributed by atoms with E-state index in [0.29, 0.717) is 36.0 Å². The number of methoxy groups -OCH3 is 1. The maximum absolute atomic E-state index is 13.1. The van der Waals surface area contributed by atoms with Crippen molar-refractivity contribution in [2.24, 2.45) is 0 Å². The van der Waals surface area contributed by atoms with Crippen molar-refractivity contribution in [1.29, 1.82) is 0 Å². The van der Waals surface area contributed by atoms with Crippen LogP contribution in [0.25, 0.3) is 0 Å². The van der Waals surface area contributed by atoms with E-state index in [9.17, 15) is 19.3 Å². The lowest BCUT2D eigenvalue weighted by Gasteiger charge is -2.36. The highest BCUT2D eigenvalue weighted by Gasteiger charge is 2.26. The Kier molecular flexibility index (Phi) is 6.79. The second-order valence-corrected chi connectivity index (χ2v) is 8.56. The summed E-state index contributed by atoms with van der Waals surface area (Å²) in [5.41, 5.74) is 1.10. The Balaban J connectivity index is 1.47. The Bertz CT molecular complexity index is 1160. The molecule has 0 spiro atoms. The number of halogens is 1. The molecule has 3 aromatic carbocycles. The van der Waals surface area contributed by atoms with Gasteiger partial charge >= 0.3 is 0 Å². The van der Waals surface area contributed by atoms with E-state index < -0.39 is 4.92 Å². The molecule has 3 aromatic rings. The minimum Gasteiger partial charge on any atom is -0.495 e. The van der Waals surface area contributed by atoms with E-state index in [1.165, 1.54) is 18.2 Å². The van der Waals surface area contributed by atoms with E-state index >= 15 is 0 Å². The number of rotatable bonds is 6. The molecule has 0 atom stereocenters. The van der Waals surface area contributed by atoms with Gasteiger partial charge in [-0.25, -0.2) is 4.39 Å². The number of hydrogen-bond acceptors (Lipinski definition) is 6. The first-order valence-electron chi connectivity index (χ1n) is 10.4. The maximum atomic E-state index is 13.1. The Morgan fingerprint density at radius 2 is 1.73 bits per heavy atom. The van der Waals surface area contributed by atoms with Crippen molar-refractivity contribution in [3.8, 4) is 5.75 Å². The molecule has 0 aliphatic carbocycles. The van der Waals surface area contributed by atoms with Gasteiger partial charge in [-0.3, -0.25) is 14.9 Å². The molecule has 1 aliphatic rings. The van der Waals surface area contributed by atoms with Crippen molar-refractivity contribution >= 4 is 29.0 Å². The highest BCUT2D eigenvalue weighted by molar-refractivity contribution is 7.99. The largest absolute Gasteiger partial charge is 0.495 e. The molecule has 1 amide bonds. The second-order valence-electron chi connectivity index (χ2n) is 7.45. The number of para-hydroxylation sites is 2. The smallest absolute Gasteiger partial charge is 0.284 e. The summed E-state index contributed by atoms with van der Waals surface area (Å²) in [6.07, 6.45) is 0. The highest BCUT2D eigenvalue weighted by atomic mass is 32.2. The number of nitro benzene ring substituents is 1. The molecule has 170 valence electrons. The van der Waals surface area contributed by atoms with E-state index in [1.54, 1.807) is 36.3 Å². The number of carbonyl (C=O) groups excluding carboxylic acids is 1. The number of ether oxygens (including phenoxy) is 1. The summed E-state index contributed by atoms with van der Waals surface area (Å²) in [7, 11) is 1.63. The van der Waals surface area contributed by atoms with E-state index in [-0.39, 0.29) is 23.0 Å². The first-order valence-corrected chi connectivity index (χ1v) is 11.2. The van der Waals surface area contributed by atoms with Crippen LogP contribution in [0.3, 0.4) is 0 Å². The molecular formula is C24H22FN3O4S. The molecule has 1 saturated heterocycles. The zero-order valence-electron chi connectivity index (χ0n) is 17.9. The fraction of sp³-hybridized carbons (Fsp3) is 0.208. The first kappa shape index (κ1) is 22.6. The van der Waals surface area contributed by atoms with Gasteiger partial charge in [-0.2, -0.15) is 0 Å². The van der Waals surface area contributed by atoms with Crippen molar-refractivity contribution in [3.05, 3.63) is 88.2 Å². The van der Waals surface area contributed by atoms with Crippen LogP contribution in [0, 0.1) is 15.9 Å². The SMILES string of the molecule is COc1ccccc1N1CCN(C(=O)c2ccc(Sc3ccc(F)cc3)c([N+](=O)[O-])c2)CC1. The van der Waals surface area contributed by atoms with Crippen LogP contribution in [0.4, 0.5) is 15.8 Å². The van der Waals surface area contributed by atoms with Gasteiger partial charge in [0.2, 0.25) is 0 Å². The summed E-state index contributed by atoms with van der Waals surface area (Å²) in [5.74, 6) is 0.166. The number of hydrogen-bond donors (Lipinski definition) is 0. The number of piperazine rings is 1. The zero-order chi connectivity index (χ0) is 23.4. The Labute approximate surface area is 194 Å². The number of nitro groups is 1. The normalized spacial score (nSPS) is 13.6. The second kappa shape index (κ2) is 9.91. The molecule has 0 aromatic heterocycles.